The van der Waals surface area contributed by atoms with E-state index in [4.69, 9.17) is 5.73 Å². The molecule has 0 bridgehead atoms. The van der Waals surface area contributed by atoms with Gasteiger partial charge in [-0.2, -0.15) is 0 Å². The van der Waals surface area contributed by atoms with Gasteiger partial charge in [0, 0.05) is 35.2 Å². The number of fused-ring (bicyclic) bond motifs is 1. The Bertz CT molecular complexity index is 735. The van der Waals surface area contributed by atoms with E-state index in [-0.39, 0.29) is 5.91 Å². The highest BCUT2D eigenvalue weighted by molar-refractivity contribution is 6.12. The Hall–Kier alpha value is -2.89. The van der Waals surface area contributed by atoms with E-state index >= 15 is 0 Å². The quantitative estimate of drug-likeness (QED) is 0.606. The molecule has 19 heavy (non-hydrogen) atoms. The Morgan fingerprint density at radius 3 is 3.00 bits per heavy atom. The first kappa shape index (κ1) is 11.2. The molecule has 0 aliphatic carbocycles. The number of aromatic amines is 1. The molecule has 1 amide bonds. The summed E-state index contributed by atoms with van der Waals surface area (Å²) in [4.78, 5) is 23.1. The minimum Gasteiger partial charge on any atom is -0.399 e. The number of anilines is 2. The van der Waals surface area contributed by atoms with Gasteiger partial charge in [-0.3, -0.25) is 9.78 Å². The molecule has 3 rings (SSSR count). The lowest BCUT2D eigenvalue weighted by atomic mass is 10.1. The molecule has 2 aromatic heterocycles. The summed E-state index contributed by atoms with van der Waals surface area (Å²) in [5.74, 6) is 0.175. The first-order valence-electron chi connectivity index (χ1n) is 5.68. The number of aromatic nitrogens is 3. The highest BCUT2D eigenvalue weighted by Crippen LogP contribution is 2.21. The van der Waals surface area contributed by atoms with Gasteiger partial charge in [0.2, 0.25) is 0 Å². The van der Waals surface area contributed by atoms with Crippen molar-refractivity contribution in [2.75, 3.05) is 11.1 Å². The lowest BCUT2D eigenvalue weighted by Gasteiger charge is -2.02. The first-order chi connectivity index (χ1) is 9.24. The Labute approximate surface area is 108 Å². The van der Waals surface area contributed by atoms with Crippen LogP contribution in [-0.4, -0.2) is 20.9 Å². The fourth-order valence-electron chi connectivity index (χ4n) is 1.88. The molecule has 0 aliphatic rings. The van der Waals surface area contributed by atoms with Crippen LogP contribution < -0.4 is 11.1 Å². The van der Waals surface area contributed by atoms with Crippen LogP contribution in [0.15, 0.2) is 43.0 Å². The third-order valence-electron chi connectivity index (χ3n) is 2.76. The molecule has 4 N–H and O–H groups in total. The minimum atomic E-state index is -0.239. The summed E-state index contributed by atoms with van der Waals surface area (Å²) in [6.07, 6.45) is 6.20. The predicted octanol–water partition coefficient (Wildman–Crippen LogP) is 1.79. The van der Waals surface area contributed by atoms with Crippen LogP contribution in [0.3, 0.4) is 0 Å². The fourth-order valence-corrected chi connectivity index (χ4v) is 1.88. The monoisotopic (exact) mass is 253 g/mol. The van der Waals surface area contributed by atoms with Crippen molar-refractivity contribution in [2.45, 2.75) is 0 Å². The van der Waals surface area contributed by atoms with Gasteiger partial charge in [0.05, 0.1) is 11.8 Å². The van der Waals surface area contributed by atoms with Crippen LogP contribution in [-0.2, 0) is 0 Å². The number of nitrogens with one attached hydrogen (secondary N) is 2. The van der Waals surface area contributed by atoms with E-state index in [9.17, 15) is 4.79 Å². The van der Waals surface area contributed by atoms with E-state index in [1.54, 1.807) is 24.5 Å². The van der Waals surface area contributed by atoms with Gasteiger partial charge in [-0.25, -0.2) is 4.98 Å². The van der Waals surface area contributed by atoms with Crippen molar-refractivity contribution in [1.82, 2.24) is 15.0 Å². The van der Waals surface area contributed by atoms with Gasteiger partial charge in [-0.05, 0) is 18.2 Å². The van der Waals surface area contributed by atoms with E-state index in [0.717, 1.165) is 10.9 Å². The summed E-state index contributed by atoms with van der Waals surface area (Å²) in [7, 11) is 0. The first-order valence-corrected chi connectivity index (χ1v) is 5.68. The topological polar surface area (TPSA) is 96.7 Å². The average Bonchev–Trinajstić information content (AvgIpc) is 2.82. The molecule has 6 heteroatoms. The number of nitrogens with zero attached hydrogens (tertiary/aromatic N) is 2. The van der Waals surface area contributed by atoms with E-state index in [1.165, 1.54) is 12.4 Å². The average molecular weight is 253 g/mol. The number of hydrogen-bond acceptors (Lipinski definition) is 4. The summed E-state index contributed by atoms with van der Waals surface area (Å²) >= 11 is 0. The van der Waals surface area contributed by atoms with E-state index in [2.05, 4.69) is 20.3 Å². The second-order valence-electron chi connectivity index (χ2n) is 4.05. The molecule has 0 spiro atoms. The van der Waals surface area contributed by atoms with Crippen LogP contribution in [0, 0.1) is 0 Å². The molecule has 0 radical (unpaired) electrons. The predicted molar refractivity (Wildman–Crippen MR) is 72.7 cm³/mol. The van der Waals surface area contributed by atoms with E-state index < -0.39 is 0 Å². The number of benzene rings is 1. The lowest BCUT2D eigenvalue weighted by molar-refractivity contribution is 0.102. The smallest absolute Gasteiger partial charge is 0.259 e. The SMILES string of the molecule is Nc1ccc2c(C(=O)Nc3cnccn3)c[nH]c2c1. The van der Waals surface area contributed by atoms with Crippen molar-refractivity contribution in [3.05, 3.63) is 48.5 Å². The van der Waals surface area contributed by atoms with Crippen LogP contribution in [0.1, 0.15) is 10.4 Å². The van der Waals surface area contributed by atoms with Gasteiger partial charge in [0.15, 0.2) is 5.82 Å². The molecule has 2 heterocycles. The van der Waals surface area contributed by atoms with Crippen LogP contribution in [0.5, 0.6) is 0 Å². The highest BCUT2D eigenvalue weighted by Gasteiger charge is 2.12. The molecule has 0 unspecified atom stereocenters. The second-order valence-corrected chi connectivity index (χ2v) is 4.05. The summed E-state index contributed by atoms with van der Waals surface area (Å²) in [5, 5.41) is 3.50. The molecule has 3 aromatic rings. The van der Waals surface area contributed by atoms with Crippen molar-refractivity contribution in [2.24, 2.45) is 0 Å². The number of H-pyrrole nitrogens is 1. The van der Waals surface area contributed by atoms with Crippen molar-refractivity contribution < 1.29 is 4.79 Å². The zero-order valence-corrected chi connectivity index (χ0v) is 9.92. The van der Waals surface area contributed by atoms with Crippen molar-refractivity contribution in [3.8, 4) is 0 Å². The maximum Gasteiger partial charge on any atom is 0.259 e. The molecule has 1 aromatic carbocycles. The molecule has 0 fully saturated rings. The van der Waals surface area contributed by atoms with E-state index in [1.807, 2.05) is 6.07 Å². The van der Waals surface area contributed by atoms with Gasteiger partial charge < -0.3 is 16.0 Å². The van der Waals surface area contributed by atoms with Crippen LogP contribution >= 0.6 is 0 Å². The number of carbonyl (C=O) groups excluding carboxylic acids is 1. The van der Waals surface area contributed by atoms with Gasteiger partial charge in [-0.15, -0.1) is 0 Å². The standard InChI is InChI=1S/C13H11N5O/c14-8-1-2-9-10(6-17-11(9)5-8)13(19)18-12-7-15-3-4-16-12/h1-7,17H,14H2,(H,16,18,19). The molecule has 94 valence electrons. The maximum absolute atomic E-state index is 12.1. The van der Waals surface area contributed by atoms with Crippen LogP contribution in [0.2, 0.25) is 0 Å². The largest absolute Gasteiger partial charge is 0.399 e. The molecule has 6 nitrogen and oxygen atoms in total. The lowest BCUT2D eigenvalue weighted by Crippen LogP contribution is -2.12. The third kappa shape index (κ3) is 2.11. The van der Waals surface area contributed by atoms with Crippen molar-refractivity contribution >= 4 is 28.3 Å². The molecular weight excluding hydrogens is 242 g/mol. The van der Waals surface area contributed by atoms with Gasteiger partial charge in [0.1, 0.15) is 0 Å². The number of nitrogens with two attached hydrogens (primary N) is 1. The zero-order chi connectivity index (χ0) is 13.2. The molecule has 0 saturated carbocycles. The van der Waals surface area contributed by atoms with Gasteiger partial charge in [0.25, 0.3) is 5.91 Å². The van der Waals surface area contributed by atoms with Crippen molar-refractivity contribution in [3.63, 3.8) is 0 Å². The fraction of sp³-hybridized carbons (Fsp3) is 0. The highest BCUT2D eigenvalue weighted by atomic mass is 16.1. The summed E-state index contributed by atoms with van der Waals surface area (Å²) < 4.78 is 0. The van der Waals surface area contributed by atoms with Crippen LogP contribution in [0.4, 0.5) is 11.5 Å². The number of amides is 1. The summed E-state index contributed by atoms with van der Waals surface area (Å²) in [6.45, 7) is 0. The molecule has 0 atom stereocenters. The second kappa shape index (κ2) is 4.41. The number of rotatable bonds is 2. The van der Waals surface area contributed by atoms with E-state index in [0.29, 0.717) is 17.1 Å². The normalized spacial score (nSPS) is 10.5. The minimum absolute atomic E-state index is 0.239. The maximum atomic E-state index is 12.1. The molecule has 0 aliphatic heterocycles. The Kier molecular flexibility index (Phi) is 2.60. The Balaban J connectivity index is 1.94. The van der Waals surface area contributed by atoms with Gasteiger partial charge in [-0.1, -0.05) is 0 Å². The van der Waals surface area contributed by atoms with Crippen LogP contribution in [0.25, 0.3) is 10.9 Å². The number of hydrogen-bond donors (Lipinski definition) is 3. The summed E-state index contributed by atoms with van der Waals surface area (Å²) in [5.41, 5.74) is 7.71. The van der Waals surface area contributed by atoms with Crippen molar-refractivity contribution in [1.29, 1.82) is 0 Å². The Morgan fingerprint density at radius 1 is 1.32 bits per heavy atom. The molecular formula is C13H11N5O. The Morgan fingerprint density at radius 2 is 2.21 bits per heavy atom. The zero-order valence-electron chi connectivity index (χ0n) is 9.92. The van der Waals surface area contributed by atoms with Gasteiger partial charge >= 0.3 is 0 Å². The number of carbonyl (C=O) groups is 1. The third-order valence-corrected chi connectivity index (χ3v) is 2.76. The summed E-state index contributed by atoms with van der Waals surface area (Å²) in [6, 6.07) is 5.36. The molecule has 0 saturated heterocycles. The number of nitrogen functional groups attached to an aromatic ring is 1.